The third-order valence-corrected chi connectivity index (χ3v) is 6.05. The first kappa shape index (κ1) is 20.9. The number of ether oxygens (including phenoxy) is 2. The average Bonchev–Trinajstić information content (AvgIpc) is 2.63. The second-order valence-corrected chi connectivity index (χ2v) is 8.74. The van der Waals surface area contributed by atoms with Crippen molar-refractivity contribution in [2.75, 3.05) is 13.2 Å². The van der Waals surface area contributed by atoms with Crippen molar-refractivity contribution < 1.29 is 32.0 Å². The predicted octanol–water partition coefficient (Wildman–Crippen LogP) is 2.66. The third kappa shape index (κ3) is 7.07. The van der Waals surface area contributed by atoms with Gasteiger partial charge in [0.1, 0.15) is 0 Å². The van der Waals surface area contributed by atoms with Crippen molar-refractivity contribution >= 4 is 22.1 Å². The molecule has 0 aliphatic heterocycles. The molecule has 0 heterocycles. The van der Waals surface area contributed by atoms with Crippen LogP contribution in [0.1, 0.15) is 57.8 Å². The monoisotopic (exact) mass is 388 g/mol. The first-order chi connectivity index (χ1) is 12.4. The molecular formula is C18H28O7S. The van der Waals surface area contributed by atoms with Crippen LogP contribution in [0.3, 0.4) is 0 Å². The number of hydrogen-bond donors (Lipinski definition) is 1. The van der Waals surface area contributed by atoms with Crippen LogP contribution in [-0.4, -0.2) is 43.4 Å². The van der Waals surface area contributed by atoms with Gasteiger partial charge in [0.2, 0.25) is 0 Å². The van der Waals surface area contributed by atoms with Crippen LogP contribution in [0.5, 0.6) is 0 Å². The molecule has 0 radical (unpaired) electrons. The van der Waals surface area contributed by atoms with Gasteiger partial charge in [-0.05, 0) is 38.0 Å². The summed E-state index contributed by atoms with van der Waals surface area (Å²) in [6, 6.07) is 0. The number of rotatable bonds is 8. The maximum Gasteiger partial charge on any atom is 0.327 e. The third-order valence-electron chi connectivity index (χ3n) is 4.97. The van der Waals surface area contributed by atoms with E-state index in [0.717, 1.165) is 51.4 Å². The van der Waals surface area contributed by atoms with Crippen molar-refractivity contribution in [3.05, 3.63) is 12.2 Å². The summed E-state index contributed by atoms with van der Waals surface area (Å²) < 4.78 is 42.5. The topological polar surface area (TPSA) is 107 Å². The van der Waals surface area contributed by atoms with E-state index in [1.165, 1.54) is 0 Å². The van der Waals surface area contributed by atoms with Crippen LogP contribution < -0.4 is 0 Å². The van der Waals surface area contributed by atoms with Crippen molar-refractivity contribution in [2.45, 2.75) is 63.0 Å². The van der Waals surface area contributed by atoms with Gasteiger partial charge in [-0.2, -0.15) is 8.42 Å². The molecule has 1 saturated carbocycles. The van der Waals surface area contributed by atoms with E-state index in [9.17, 15) is 22.6 Å². The Labute approximate surface area is 154 Å². The van der Waals surface area contributed by atoms with Crippen LogP contribution in [0, 0.1) is 11.8 Å². The van der Waals surface area contributed by atoms with E-state index in [4.69, 9.17) is 9.47 Å². The molecule has 148 valence electrons. The molecule has 0 bridgehead atoms. The summed E-state index contributed by atoms with van der Waals surface area (Å²) in [5.74, 6) is -1.61. The smallest absolute Gasteiger partial charge is 0.327 e. The Kier molecular flexibility index (Phi) is 8.09. The highest BCUT2D eigenvalue weighted by molar-refractivity contribution is 7.87. The first-order valence-corrected chi connectivity index (χ1v) is 10.8. The van der Waals surface area contributed by atoms with Crippen LogP contribution in [0.15, 0.2) is 12.2 Å². The predicted molar refractivity (Wildman–Crippen MR) is 94.9 cm³/mol. The molecule has 2 aliphatic carbocycles. The van der Waals surface area contributed by atoms with Gasteiger partial charge < -0.3 is 9.47 Å². The summed E-state index contributed by atoms with van der Waals surface area (Å²) in [6.45, 7) is 0.261. The minimum atomic E-state index is -4.74. The van der Waals surface area contributed by atoms with Crippen LogP contribution in [-0.2, 0) is 29.2 Å². The lowest BCUT2D eigenvalue weighted by Gasteiger charge is -2.22. The standard InChI is InChI=1S/C18H28O7S/c19-17(24-12-14-7-3-1-4-8-14)11-16(26(21,22)23)18(20)25-13-15-9-5-2-6-10-15/h3,7,14-16H,1-2,4-6,8-13H2,(H,21,22,23). The lowest BCUT2D eigenvalue weighted by atomic mass is 9.90. The van der Waals surface area contributed by atoms with Gasteiger partial charge >= 0.3 is 11.9 Å². The highest BCUT2D eigenvalue weighted by Gasteiger charge is 2.36. The Balaban J connectivity index is 1.83. The minimum absolute atomic E-state index is 0.107. The Morgan fingerprint density at radius 3 is 2.38 bits per heavy atom. The molecule has 7 nitrogen and oxygen atoms in total. The first-order valence-electron chi connectivity index (χ1n) is 9.31. The summed E-state index contributed by atoms with van der Waals surface area (Å²) in [5.41, 5.74) is 0. The molecule has 2 unspecified atom stereocenters. The zero-order valence-electron chi connectivity index (χ0n) is 15.0. The molecule has 8 heteroatoms. The number of carbonyl (C=O) groups excluding carboxylic acids is 2. The SMILES string of the molecule is O=C(CC(C(=O)OCC1CCCCC1)S(=O)(=O)O)OCC1C=CCCC1. The van der Waals surface area contributed by atoms with Gasteiger partial charge in [0.15, 0.2) is 5.25 Å². The highest BCUT2D eigenvalue weighted by atomic mass is 32.2. The highest BCUT2D eigenvalue weighted by Crippen LogP contribution is 2.24. The van der Waals surface area contributed by atoms with Crippen molar-refractivity contribution in [1.82, 2.24) is 0 Å². The second-order valence-electron chi connectivity index (χ2n) is 7.14. The molecule has 26 heavy (non-hydrogen) atoms. The van der Waals surface area contributed by atoms with Gasteiger partial charge in [0.05, 0.1) is 19.6 Å². The van der Waals surface area contributed by atoms with Gasteiger partial charge in [-0.15, -0.1) is 0 Å². The molecule has 2 aliphatic rings. The quantitative estimate of drug-likeness (QED) is 0.387. The molecule has 0 aromatic carbocycles. The molecule has 0 amide bonds. The van der Waals surface area contributed by atoms with Crippen molar-refractivity contribution in [2.24, 2.45) is 11.8 Å². The fourth-order valence-corrected chi connectivity index (χ4v) is 4.05. The van der Waals surface area contributed by atoms with Crippen LogP contribution >= 0.6 is 0 Å². The molecule has 0 spiro atoms. The van der Waals surface area contributed by atoms with E-state index in [-0.39, 0.29) is 25.0 Å². The van der Waals surface area contributed by atoms with Crippen LogP contribution in [0.25, 0.3) is 0 Å². The zero-order chi connectivity index (χ0) is 19.0. The number of esters is 2. The van der Waals surface area contributed by atoms with Gasteiger partial charge in [-0.3, -0.25) is 14.1 Å². The normalized spacial score (nSPS) is 22.6. The van der Waals surface area contributed by atoms with Crippen LogP contribution in [0.4, 0.5) is 0 Å². The average molecular weight is 388 g/mol. The lowest BCUT2D eigenvalue weighted by molar-refractivity contribution is -0.151. The Hall–Kier alpha value is -1.41. The number of carbonyl (C=O) groups is 2. The maximum atomic E-state index is 12.1. The fourth-order valence-electron chi connectivity index (χ4n) is 3.39. The van der Waals surface area contributed by atoms with E-state index in [1.54, 1.807) is 0 Å². The molecule has 2 atom stereocenters. The lowest BCUT2D eigenvalue weighted by Crippen LogP contribution is -2.35. The number of allylic oxidation sites excluding steroid dienone is 1. The maximum absolute atomic E-state index is 12.1. The Morgan fingerprint density at radius 2 is 1.77 bits per heavy atom. The molecule has 0 saturated heterocycles. The van der Waals surface area contributed by atoms with Crippen molar-refractivity contribution in [3.63, 3.8) is 0 Å². The summed E-state index contributed by atoms with van der Waals surface area (Å²) >= 11 is 0. The molecule has 2 rings (SSSR count). The summed E-state index contributed by atoms with van der Waals surface area (Å²) in [6.07, 6.45) is 11.3. The van der Waals surface area contributed by atoms with Crippen molar-refractivity contribution in [3.8, 4) is 0 Å². The largest absolute Gasteiger partial charge is 0.465 e. The Bertz CT molecular complexity index is 605. The fraction of sp³-hybridized carbons (Fsp3) is 0.778. The zero-order valence-corrected chi connectivity index (χ0v) is 15.8. The van der Waals surface area contributed by atoms with Crippen LogP contribution in [0.2, 0.25) is 0 Å². The van der Waals surface area contributed by atoms with Gasteiger partial charge in [-0.25, -0.2) is 0 Å². The summed E-state index contributed by atoms with van der Waals surface area (Å²) in [4.78, 5) is 24.0. The van der Waals surface area contributed by atoms with E-state index >= 15 is 0 Å². The van der Waals surface area contributed by atoms with Gasteiger partial charge in [0, 0.05) is 5.92 Å². The number of hydrogen-bond acceptors (Lipinski definition) is 6. The molecule has 1 N–H and O–H groups in total. The second kappa shape index (κ2) is 10.1. The summed E-state index contributed by atoms with van der Waals surface area (Å²) in [5, 5.41) is -1.93. The van der Waals surface area contributed by atoms with E-state index in [1.807, 2.05) is 12.2 Å². The molecule has 0 aromatic heterocycles. The molecule has 0 aromatic rings. The van der Waals surface area contributed by atoms with E-state index in [0.29, 0.717) is 0 Å². The van der Waals surface area contributed by atoms with Gasteiger partial charge in [0.25, 0.3) is 10.1 Å². The molecular weight excluding hydrogens is 360 g/mol. The van der Waals surface area contributed by atoms with E-state index < -0.39 is 33.7 Å². The van der Waals surface area contributed by atoms with Crippen molar-refractivity contribution in [1.29, 1.82) is 0 Å². The Morgan fingerprint density at radius 1 is 1.04 bits per heavy atom. The molecule has 1 fully saturated rings. The van der Waals surface area contributed by atoms with Gasteiger partial charge in [-0.1, -0.05) is 31.4 Å². The minimum Gasteiger partial charge on any atom is -0.465 e. The summed E-state index contributed by atoms with van der Waals surface area (Å²) in [7, 11) is -4.74. The van der Waals surface area contributed by atoms with E-state index in [2.05, 4.69) is 0 Å².